The van der Waals surface area contributed by atoms with Crippen LogP contribution in [0.25, 0.3) is 110 Å². The van der Waals surface area contributed by atoms with Gasteiger partial charge in [0.1, 0.15) is 0 Å². The molecule has 0 bridgehead atoms. The first-order chi connectivity index (χ1) is 29.0. The lowest BCUT2D eigenvalue weighted by Gasteiger charge is -2.22. The molecular formula is C56H37N3. The van der Waals surface area contributed by atoms with E-state index >= 15 is 0 Å². The van der Waals surface area contributed by atoms with Crippen molar-refractivity contribution in [2.75, 3.05) is 0 Å². The van der Waals surface area contributed by atoms with Crippen molar-refractivity contribution in [3.05, 3.63) is 199 Å². The minimum atomic E-state index is -0.138. The highest BCUT2D eigenvalue weighted by molar-refractivity contribution is 6.15. The Morgan fingerprint density at radius 3 is 1.36 bits per heavy atom. The normalized spacial score (nSPS) is 13.1. The van der Waals surface area contributed by atoms with E-state index in [1.807, 2.05) is 0 Å². The van der Waals surface area contributed by atoms with Crippen molar-refractivity contribution in [2.24, 2.45) is 0 Å². The predicted octanol–water partition coefficient (Wildman–Crippen LogP) is 14.6. The van der Waals surface area contributed by atoms with Crippen LogP contribution in [0.15, 0.2) is 188 Å². The number of nitrogens with zero attached hydrogens (tertiary/aromatic N) is 3. The van der Waals surface area contributed by atoms with Gasteiger partial charge in [0, 0.05) is 22.1 Å². The lowest BCUT2D eigenvalue weighted by molar-refractivity contribution is 0.660. The first-order valence-electron chi connectivity index (χ1n) is 20.4. The lowest BCUT2D eigenvalue weighted by Crippen LogP contribution is -2.14. The Morgan fingerprint density at radius 1 is 0.288 bits per heavy atom. The first kappa shape index (κ1) is 33.6. The van der Waals surface area contributed by atoms with Crippen LogP contribution in [-0.2, 0) is 5.41 Å². The minimum absolute atomic E-state index is 0.138. The van der Waals surface area contributed by atoms with Gasteiger partial charge >= 0.3 is 0 Å². The Kier molecular flexibility index (Phi) is 7.27. The van der Waals surface area contributed by atoms with Gasteiger partial charge in [-0.2, -0.15) is 0 Å². The van der Waals surface area contributed by atoms with Crippen LogP contribution in [0.4, 0.5) is 0 Å². The van der Waals surface area contributed by atoms with Crippen molar-refractivity contribution < 1.29 is 0 Å². The number of aromatic nitrogens is 3. The van der Waals surface area contributed by atoms with Gasteiger partial charge in [-0.1, -0.05) is 190 Å². The minimum Gasteiger partial charge on any atom is -0.208 e. The van der Waals surface area contributed by atoms with Gasteiger partial charge in [-0.15, -0.1) is 0 Å². The molecule has 1 aromatic heterocycles. The molecule has 1 aliphatic carbocycles. The number of benzene rings is 10. The summed E-state index contributed by atoms with van der Waals surface area (Å²) in [7, 11) is 0. The fraction of sp³-hybridized carbons (Fsp3) is 0.0536. The fourth-order valence-electron chi connectivity index (χ4n) is 9.92. The Labute approximate surface area is 342 Å². The summed E-state index contributed by atoms with van der Waals surface area (Å²) in [6.07, 6.45) is 0. The number of rotatable bonds is 4. The van der Waals surface area contributed by atoms with E-state index in [0.29, 0.717) is 17.5 Å². The third-order valence-electron chi connectivity index (χ3n) is 12.7. The summed E-state index contributed by atoms with van der Waals surface area (Å²) in [4.78, 5) is 16.6. The Hall–Kier alpha value is -7.49. The van der Waals surface area contributed by atoms with Gasteiger partial charge in [0.2, 0.25) is 0 Å². The molecule has 1 heterocycles. The molecule has 0 N–H and O–H groups in total. The van der Waals surface area contributed by atoms with Crippen molar-refractivity contribution in [3.8, 4) is 56.4 Å². The SMILES string of the molecule is CC1(C)c2ccccc2-c2c(-c3ccc4ccccc4c3-c3nc(-c4cc5ccccc5c5ccccc45)nc(-c4cc5ccccc5c5ccccc45)n3)cccc21. The smallest absolute Gasteiger partial charge is 0.165 e. The van der Waals surface area contributed by atoms with E-state index in [1.165, 1.54) is 49.4 Å². The van der Waals surface area contributed by atoms with E-state index in [-0.39, 0.29) is 5.41 Å². The maximum Gasteiger partial charge on any atom is 0.165 e. The third-order valence-corrected chi connectivity index (χ3v) is 12.7. The van der Waals surface area contributed by atoms with Gasteiger partial charge in [0.25, 0.3) is 0 Å². The highest BCUT2D eigenvalue weighted by Crippen LogP contribution is 2.53. The maximum absolute atomic E-state index is 5.58. The van der Waals surface area contributed by atoms with E-state index in [0.717, 1.165) is 54.6 Å². The second kappa shape index (κ2) is 12.8. The second-order valence-corrected chi connectivity index (χ2v) is 16.3. The van der Waals surface area contributed by atoms with Gasteiger partial charge in [0.15, 0.2) is 17.5 Å². The molecule has 0 aliphatic heterocycles. The average Bonchev–Trinajstić information content (AvgIpc) is 3.53. The van der Waals surface area contributed by atoms with Gasteiger partial charge in [0.05, 0.1) is 0 Å². The molecule has 0 saturated heterocycles. The largest absolute Gasteiger partial charge is 0.208 e. The van der Waals surface area contributed by atoms with Crippen molar-refractivity contribution >= 4 is 53.9 Å². The van der Waals surface area contributed by atoms with Crippen LogP contribution >= 0.6 is 0 Å². The average molecular weight is 752 g/mol. The van der Waals surface area contributed by atoms with Crippen LogP contribution in [0, 0.1) is 0 Å². The van der Waals surface area contributed by atoms with E-state index in [2.05, 4.69) is 202 Å². The first-order valence-corrected chi connectivity index (χ1v) is 20.4. The summed E-state index contributed by atoms with van der Waals surface area (Å²) < 4.78 is 0. The summed E-state index contributed by atoms with van der Waals surface area (Å²) >= 11 is 0. The summed E-state index contributed by atoms with van der Waals surface area (Å²) in [6.45, 7) is 4.68. The second-order valence-electron chi connectivity index (χ2n) is 16.3. The Morgan fingerprint density at radius 2 is 0.729 bits per heavy atom. The summed E-state index contributed by atoms with van der Waals surface area (Å²) in [5.41, 5.74) is 10.3. The van der Waals surface area contributed by atoms with Crippen LogP contribution < -0.4 is 0 Å². The van der Waals surface area contributed by atoms with Gasteiger partial charge in [-0.25, -0.2) is 15.0 Å². The maximum atomic E-state index is 5.58. The topological polar surface area (TPSA) is 38.7 Å². The molecule has 0 atom stereocenters. The highest BCUT2D eigenvalue weighted by Gasteiger charge is 2.37. The molecule has 0 saturated carbocycles. The fourth-order valence-corrected chi connectivity index (χ4v) is 9.92. The molecular weight excluding hydrogens is 715 g/mol. The van der Waals surface area contributed by atoms with Crippen LogP contribution in [0.2, 0.25) is 0 Å². The Bertz CT molecular complexity index is 3410. The number of hydrogen-bond acceptors (Lipinski definition) is 3. The van der Waals surface area contributed by atoms with Crippen molar-refractivity contribution in [3.63, 3.8) is 0 Å². The molecule has 276 valence electrons. The molecule has 10 aromatic carbocycles. The Balaban J connectivity index is 1.22. The molecule has 0 fully saturated rings. The summed E-state index contributed by atoms with van der Waals surface area (Å²) in [5, 5.41) is 11.5. The molecule has 59 heavy (non-hydrogen) atoms. The lowest BCUT2D eigenvalue weighted by atomic mass is 9.81. The van der Waals surface area contributed by atoms with E-state index < -0.39 is 0 Å². The molecule has 1 aliphatic rings. The molecule has 0 unspecified atom stereocenters. The molecule has 0 amide bonds. The van der Waals surface area contributed by atoms with Gasteiger partial charge in [-0.05, 0) is 99.4 Å². The van der Waals surface area contributed by atoms with Crippen molar-refractivity contribution in [2.45, 2.75) is 19.3 Å². The standard InChI is InChI=1S/C56H37N3/c1-56(2)49-28-14-13-26-46(49)51-44(27-15-29-50(51)56)45-31-30-34-16-3-8-21-39(34)52(45)55-58-53(47-32-35-17-4-6-19-37(35)40-22-9-11-24-42(40)47)57-54(59-55)48-33-36-18-5-7-20-38(36)41-23-10-12-25-43(41)48/h3-33H,1-2H3. The molecule has 12 rings (SSSR count). The van der Waals surface area contributed by atoms with Crippen LogP contribution in [0.5, 0.6) is 0 Å². The van der Waals surface area contributed by atoms with E-state index in [9.17, 15) is 0 Å². The summed E-state index contributed by atoms with van der Waals surface area (Å²) in [6, 6.07) is 67.8. The number of hydrogen-bond donors (Lipinski definition) is 0. The van der Waals surface area contributed by atoms with Crippen LogP contribution in [-0.4, -0.2) is 15.0 Å². The van der Waals surface area contributed by atoms with E-state index in [4.69, 9.17) is 15.0 Å². The quantitative estimate of drug-likeness (QED) is 0.168. The number of fused-ring (bicyclic) bond motifs is 10. The van der Waals surface area contributed by atoms with Crippen molar-refractivity contribution in [1.29, 1.82) is 0 Å². The zero-order valence-corrected chi connectivity index (χ0v) is 32.7. The van der Waals surface area contributed by atoms with Gasteiger partial charge < -0.3 is 0 Å². The monoisotopic (exact) mass is 751 g/mol. The molecule has 0 spiro atoms. The van der Waals surface area contributed by atoms with Crippen LogP contribution in [0.1, 0.15) is 25.0 Å². The zero-order chi connectivity index (χ0) is 39.2. The van der Waals surface area contributed by atoms with Gasteiger partial charge in [-0.3, -0.25) is 0 Å². The van der Waals surface area contributed by atoms with Crippen molar-refractivity contribution in [1.82, 2.24) is 15.0 Å². The molecule has 11 aromatic rings. The zero-order valence-electron chi connectivity index (χ0n) is 32.7. The molecule has 0 radical (unpaired) electrons. The summed E-state index contributed by atoms with van der Waals surface area (Å²) in [5.74, 6) is 1.94. The van der Waals surface area contributed by atoms with E-state index in [1.54, 1.807) is 0 Å². The third kappa shape index (κ3) is 5.04. The molecule has 3 heteroatoms. The highest BCUT2D eigenvalue weighted by atomic mass is 15.0. The molecule has 3 nitrogen and oxygen atoms in total. The van der Waals surface area contributed by atoms with Crippen LogP contribution in [0.3, 0.4) is 0 Å². The predicted molar refractivity (Wildman–Crippen MR) is 247 cm³/mol.